The van der Waals surface area contributed by atoms with Crippen molar-refractivity contribution >= 4 is 0 Å². The molecule has 2 rings (SSSR count). The summed E-state index contributed by atoms with van der Waals surface area (Å²) in [7, 11) is 0. The first-order valence-corrected chi connectivity index (χ1v) is 4.21. The van der Waals surface area contributed by atoms with Gasteiger partial charge in [0, 0.05) is 0 Å². The molecular weight excluding hydrogens is 124 g/mol. The highest BCUT2D eigenvalue weighted by molar-refractivity contribution is 5.17. The molecule has 1 N–H and O–H groups in total. The normalized spacial score (nSPS) is 37.9. The molecule has 1 saturated carbocycles. The lowest BCUT2D eigenvalue weighted by molar-refractivity contribution is 0.309. The van der Waals surface area contributed by atoms with Crippen LogP contribution in [0.3, 0.4) is 0 Å². The van der Waals surface area contributed by atoms with Crippen molar-refractivity contribution in [1.82, 2.24) is 0 Å². The largest absolute Gasteiger partial charge is 0.392 e. The number of allylic oxidation sites excluding steroid dienone is 1. The summed E-state index contributed by atoms with van der Waals surface area (Å²) in [5, 5.41) is 8.94. The highest BCUT2D eigenvalue weighted by Gasteiger charge is 2.32. The molecule has 2 aliphatic rings. The van der Waals surface area contributed by atoms with Gasteiger partial charge < -0.3 is 5.11 Å². The number of rotatable bonds is 1. The van der Waals surface area contributed by atoms with Crippen molar-refractivity contribution in [2.45, 2.75) is 25.7 Å². The smallest absolute Gasteiger partial charge is 0.0644 e. The molecule has 56 valence electrons. The fourth-order valence-electron chi connectivity index (χ4n) is 2.44. The zero-order valence-corrected chi connectivity index (χ0v) is 6.21. The van der Waals surface area contributed by atoms with Gasteiger partial charge in [-0.3, -0.25) is 0 Å². The van der Waals surface area contributed by atoms with Crippen LogP contribution in [0, 0.1) is 11.8 Å². The van der Waals surface area contributed by atoms with E-state index in [0.29, 0.717) is 6.61 Å². The summed E-state index contributed by atoms with van der Waals surface area (Å²) < 4.78 is 0. The van der Waals surface area contributed by atoms with E-state index in [4.69, 9.17) is 5.11 Å². The zero-order valence-electron chi connectivity index (χ0n) is 6.21. The van der Waals surface area contributed by atoms with Crippen molar-refractivity contribution in [1.29, 1.82) is 0 Å². The van der Waals surface area contributed by atoms with Crippen molar-refractivity contribution in [3.05, 3.63) is 11.6 Å². The monoisotopic (exact) mass is 138 g/mol. The van der Waals surface area contributed by atoms with Gasteiger partial charge in [0.15, 0.2) is 0 Å². The van der Waals surface area contributed by atoms with Crippen LogP contribution in [0.15, 0.2) is 11.6 Å². The molecule has 0 amide bonds. The van der Waals surface area contributed by atoms with Gasteiger partial charge in [-0.2, -0.15) is 0 Å². The van der Waals surface area contributed by atoms with Crippen molar-refractivity contribution in [2.24, 2.45) is 11.8 Å². The van der Waals surface area contributed by atoms with E-state index >= 15 is 0 Å². The van der Waals surface area contributed by atoms with E-state index in [1.807, 2.05) is 0 Å². The first kappa shape index (κ1) is 6.41. The highest BCUT2D eigenvalue weighted by Crippen LogP contribution is 2.43. The molecule has 10 heavy (non-hydrogen) atoms. The fraction of sp³-hybridized carbons (Fsp3) is 0.778. The molecule has 0 aliphatic heterocycles. The molecule has 0 spiro atoms. The summed E-state index contributed by atoms with van der Waals surface area (Å²) in [6, 6.07) is 0. The maximum atomic E-state index is 8.94. The van der Waals surface area contributed by atoms with Gasteiger partial charge >= 0.3 is 0 Å². The van der Waals surface area contributed by atoms with Crippen LogP contribution in [-0.4, -0.2) is 11.7 Å². The van der Waals surface area contributed by atoms with Crippen LogP contribution in [0.4, 0.5) is 0 Å². The van der Waals surface area contributed by atoms with Gasteiger partial charge in [0.25, 0.3) is 0 Å². The second kappa shape index (κ2) is 2.39. The van der Waals surface area contributed by atoms with Crippen molar-refractivity contribution in [2.75, 3.05) is 6.61 Å². The van der Waals surface area contributed by atoms with E-state index in [0.717, 1.165) is 11.8 Å². The Morgan fingerprint density at radius 2 is 2.40 bits per heavy atom. The number of aliphatic hydroxyl groups excluding tert-OH is 1. The third-order valence-corrected chi connectivity index (χ3v) is 3.00. The average molecular weight is 138 g/mol. The van der Waals surface area contributed by atoms with E-state index in [1.54, 1.807) is 0 Å². The van der Waals surface area contributed by atoms with Crippen LogP contribution in [0.25, 0.3) is 0 Å². The topological polar surface area (TPSA) is 20.2 Å². The van der Waals surface area contributed by atoms with Crippen LogP contribution < -0.4 is 0 Å². The van der Waals surface area contributed by atoms with Crippen LogP contribution >= 0.6 is 0 Å². The zero-order chi connectivity index (χ0) is 6.97. The first-order chi connectivity index (χ1) is 4.92. The van der Waals surface area contributed by atoms with Gasteiger partial charge in [-0.1, -0.05) is 12.5 Å². The summed E-state index contributed by atoms with van der Waals surface area (Å²) in [5.74, 6) is 1.67. The summed E-state index contributed by atoms with van der Waals surface area (Å²) >= 11 is 0. The minimum Gasteiger partial charge on any atom is -0.392 e. The van der Waals surface area contributed by atoms with Crippen LogP contribution in [0.2, 0.25) is 0 Å². The maximum absolute atomic E-state index is 8.94. The lowest BCUT2D eigenvalue weighted by Crippen LogP contribution is -2.05. The second-order valence-corrected chi connectivity index (χ2v) is 3.47. The summed E-state index contributed by atoms with van der Waals surface area (Å²) in [6.45, 7) is 0.307. The van der Waals surface area contributed by atoms with Crippen LogP contribution in [0.5, 0.6) is 0 Å². The predicted molar refractivity (Wildman–Crippen MR) is 40.6 cm³/mol. The Bertz CT molecular complexity index is 160. The van der Waals surface area contributed by atoms with Crippen LogP contribution in [0.1, 0.15) is 25.7 Å². The average Bonchev–Trinajstić information content (AvgIpc) is 2.44. The molecule has 0 saturated heterocycles. The molecule has 2 atom stereocenters. The number of hydrogen-bond donors (Lipinski definition) is 1. The minimum absolute atomic E-state index is 0.307. The molecule has 0 aromatic heterocycles. The van der Waals surface area contributed by atoms with Gasteiger partial charge in [-0.15, -0.1) is 0 Å². The summed E-state index contributed by atoms with van der Waals surface area (Å²) in [4.78, 5) is 0. The Hall–Kier alpha value is -0.300. The second-order valence-electron chi connectivity index (χ2n) is 3.47. The van der Waals surface area contributed by atoms with E-state index in [2.05, 4.69) is 6.08 Å². The SMILES string of the molecule is OCC1=CC[C@H]2CCC[C@@H]12. The molecule has 0 radical (unpaired) electrons. The third kappa shape index (κ3) is 0.807. The van der Waals surface area contributed by atoms with Crippen molar-refractivity contribution < 1.29 is 5.11 Å². The fourth-order valence-corrected chi connectivity index (χ4v) is 2.44. The molecule has 1 fully saturated rings. The predicted octanol–water partition coefficient (Wildman–Crippen LogP) is 1.73. The van der Waals surface area contributed by atoms with E-state index in [1.165, 1.54) is 31.3 Å². The molecule has 0 bridgehead atoms. The molecule has 0 unspecified atom stereocenters. The van der Waals surface area contributed by atoms with Gasteiger partial charge in [-0.05, 0) is 36.7 Å². The molecule has 0 aromatic carbocycles. The van der Waals surface area contributed by atoms with Gasteiger partial charge in [0.1, 0.15) is 0 Å². The molecule has 1 nitrogen and oxygen atoms in total. The Kier molecular flexibility index (Phi) is 1.53. The lowest BCUT2D eigenvalue weighted by Gasteiger charge is -2.11. The summed E-state index contributed by atoms with van der Waals surface area (Å²) in [5.41, 5.74) is 1.32. The molecular formula is C9H14O. The molecule has 0 aromatic rings. The Morgan fingerprint density at radius 3 is 3.20 bits per heavy atom. The van der Waals surface area contributed by atoms with E-state index < -0.39 is 0 Å². The van der Waals surface area contributed by atoms with E-state index in [9.17, 15) is 0 Å². The quantitative estimate of drug-likeness (QED) is 0.547. The molecule has 0 heterocycles. The van der Waals surface area contributed by atoms with E-state index in [-0.39, 0.29) is 0 Å². The lowest BCUT2D eigenvalue weighted by atomic mass is 9.95. The number of aliphatic hydroxyl groups is 1. The van der Waals surface area contributed by atoms with Crippen molar-refractivity contribution in [3.8, 4) is 0 Å². The number of fused-ring (bicyclic) bond motifs is 1. The van der Waals surface area contributed by atoms with Gasteiger partial charge in [0.05, 0.1) is 6.61 Å². The third-order valence-electron chi connectivity index (χ3n) is 3.00. The number of hydrogen-bond acceptors (Lipinski definition) is 1. The Morgan fingerprint density at radius 1 is 1.50 bits per heavy atom. The van der Waals surface area contributed by atoms with Crippen LogP contribution in [-0.2, 0) is 0 Å². The molecule has 1 heteroatoms. The maximum Gasteiger partial charge on any atom is 0.0644 e. The van der Waals surface area contributed by atoms with Crippen molar-refractivity contribution in [3.63, 3.8) is 0 Å². The standard InChI is InChI=1S/C9H14O/c10-6-8-5-4-7-2-1-3-9(7)8/h5,7,9-10H,1-4,6H2/t7-,9-/m1/s1. The van der Waals surface area contributed by atoms with Gasteiger partial charge in [-0.25, -0.2) is 0 Å². The van der Waals surface area contributed by atoms with Gasteiger partial charge in [0.2, 0.25) is 0 Å². The minimum atomic E-state index is 0.307. The Labute approximate surface area is 61.8 Å². The molecule has 2 aliphatic carbocycles. The Balaban J connectivity index is 2.10. The highest BCUT2D eigenvalue weighted by atomic mass is 16.3. The first-order valence-electron chi connectivity index (χ1n) is 4.21. The summed E-state index contributed by atoms with van der Waals surface area (Å²) in [6.07, 6.45) is 7.59.